The van der Waals surface area contributed by atoms with E-state index in [0.29, 0.717) is 25.9 Å². The number of carbonyl (C=O) groups is 1. The Kier molecular flexibility index (Phi) is 4.69. The van der Waals surface area contributed by atoms with Crippen LogP contribution in [0, 0.1) is 0 Å². The first-order valence-electron chi connectivity index (χ1n) is 5.31. The van der Waals surface area contributed by atoms with Gasteiger partial charge in [-0.3, -0.25) is 4.79 Å². The highest BCUT2D eigenvalue weighted by Gasteiger charge is 2.27. The molecular formula is C9H18N2O4S. The van der Waals surface area contributed by atoms with Crippen LogP contribution in [-0.2, 0) is 14.8 Å². The highest BCUT2D eigenvalue weighted by atomic mass is 32.2. The monoisotopic (exact) mass is 250 g/mol. The third-order valence-corrected chi connectivity index (χ3v) is 4.45. The molecule has 0 spiro atoms. The lowest BCUT2D eigenvalue weighted by molar-refractivity contribution is -0.119. The van der Waals surface area contributed by atoms with Crippen molar-refractivity contribution in [1.82, 2.24) is 9.62 Å². The van der Waals surface area contributed by atoms with Crippen LogP contribution in [0.1, 0.15) is 19.8 Å². The maximum atomic E-state index is 11.6. The molecule has 1 aliphatic rings. The first kappa shape index (κ1) is 13.4. The summed E-state index contributed by atoms with van der Waals surface area (Å²) in [7, 11) is -3.31. The van der Waals surface area contributed by atoms with Gasteiger partial charge >= 0.3 is 0 Å². The number of amides is 1. The Morgan fingerprint density at radius 3 is 2.44 bits per heavy atom. The summed E-state index contributed by atoms with van der Waals surface area (Å²) in [4.78, 5) is 10.8. The van der Waals surface area contributed by atoms with E-state index in [1.807, 2.05) is 0 Å². The smallest absolute Gasteiger partial charge is 0.217 e. The Bertz CT molecular complexity index is 333. The second kappa shape index (κ2) is 5.60. The highest BCUT2D eigenvalue weighted by Crippen LogP contribution is 2.14. The predicted octanol–water partition coefficient (Wildman–Crippen LogP) is -1.09. The molecule has 0 bridgehead atoms. The minimum Gasteiger partial charge on any atom is -0.395 e. The van der Waals surface area contributed by atoms with Gasteiger partial charge in [0.05, 0.1) is 12.4 Å². The fourth-order valence-electron chi connectivity index (χ4n) is 1.81. The van der Waals surface area contributed by atoms with Gasteiger partial charge in [0.25, 0.3) is 0 Å². The molecule has 0 saturated carbocycles. The Morgan fingerprint density at radius 1 is 1.44 bits per heavy atom. The zero-order valence-corrected chi connectivity index (χ0v) is 10.2. The Balaban J connectivity index is 2.46. The molecule has 0 atom stereocenters. The molecule has 1 saturated heterocycles. The van der Waals surface area contributed by atoms with Crippen molar-refractivity contribution < 1.29 is 18.3 Å². The molecule has 0 aliphatic carbocycles. The molecule has 1 heterocycles. The van der Waals surface area contributed by atoms with Crippen LogP contribution in [0.15, 0.2) is 0 Å². The van der Waals surface area contributed by atoms with Crippen LogP contribution in [0.2, 0.25) is 0 Å². The lowest BCUT2D eigenvalue weighted by Gasteiger charge is -2.31. The fourth-order valence-corrected chi connectivity index (χ4v) is 3.07. The number of aliphatic hydroxyl groups is 1. The van der Waals surface area contributed by atoms with Crippen molar-refractivity contribution in [3.05, 3.63) is 0 Å². The van der Waals surface area contributed by atoms with Gasteiger partial charge in [0.2, 0.25) is 15.9 Å². The Morgan fingerprint density at radius 2 is 2.00 bits per heavy atom. The number of nitrogens with one attached hydrogen (secondary N) is 1. The normalized spacial score (nSPS) is 19.6. The number of piperidine rings is 1. The highest BCUT2D eigenvalue weighted by molar-refractivity contribution is 7.89. The van der Waals surface area contributed by atoms with E-state index in [4.69, 9.17) is 5.11 Å². The van der Waals surface area contributed by atoms with Crippen LogP contribution in [-0.4, -0.2) is 55.2 Å². The molecule has 0 aromatic heterocycles. The van der Waals surface area contributed by atoms with Gasteiger partial charge in [0.1, 0.15) is 0 Å². The number of rotatable bonds is 4. The molecule has 0 radical (unpaired) electrons. The SMILES string of the molecule is CC(=O)NC1CCN(S(=O)(=O)CCO)CC1. The summed E-state index contributed by atoms with van der Waals surface area (Å²) in [5.41, 5.74) is 0. The largest absolute Gasteiger partial charge is 0.395 e. The predicted molar refractivity (Wildman–Crippen MR) is 59.3 cm³/mol. The van der Waals surface area contributed by atoms with E-state index in [2.05, 4.69) is 5.32 Å². The first-order chi connectivity index (χ1) is 7.45. The standard InChI is InChI=1S/C9H18N2O4S/c1-8(13)10-9-2-4-11(5-3-9)16(14,15)7-6-12/h9,12H,2-7H2,1H3,(H,10,13). The molecule has 0 aromatic carbocycles. The van der Waals surface area contributed by atoms with E-state index >= 15 is 0 Å². The van der Waals surface area contributed by atoms with Crippen LogP contribution >= 0.6 is 0 Å². The molecule has 0 unspecified atom stereocenters. The van der Waals surface area contributed by atoms with Crippen molar-refractivity contribution in [1.29, 1.82) is 0 Å². The summed E-state index contributed by atoms with van der Waals surface area (Å²) in [6.07, 6.45) is 1.26. The van der Waals surface area contributed by atoms with Gasteiger partial charge < -0.3 is 10.4 Å². The van der Waals surface area contributed by atoms with Gasteiger partial charge in [0, 0.05) is 26.1 Å². The van der Waals surface area contributed by atoms with E-state index in [0.717, 1.165) is 0 Å². The number of hydrogen-bond donors (Lipinski definition) is 2. The number of sulfonamides is 1. The van der Waals surface area contributed by atoms with Crippen LogP contribution in [0.3, 0.4) is 0 Å². The second-order valence-corrected chi connectivity index (χ2v) is 6.00. The fraction of sp³-hybridized carbons (Fsp3) is 0.889. The lowest BCUT2D eigenvalue weighted by atomic mass is 10.1. The zero-order valence-electron chi connectivity index (χ0n) is 9.35. The lowest BCUT2D eigenvalue weighted by Crippen LogP contribution is -2.46. The van der Waals surface area contributed by atoms with Crippen molar-refractivity contribution >= 4 is 15.9 Å². The van der Waals surface area contributed by atoms with Gasteiger partial charge in [-0.05, 0) is 12.8 Å². The minimum atomic E-state index is -3.31. The maximum absolute atomic E-state index is 11.6. The van der Waals surface area contributed by atoms with Crippen molar-refractivity contribution in [3.8, 4) is 0 Å². The van der Waals surface area contributed by atoms with Crippen LogP contribution in [0.5, 0.6) is 0 Å². The van der Waals surface area contributed by atoms with E-state index in [1.54, 1.807) is 0 Å². The third kappa shape index (κ3) is 3.73. The Labute approximate surface area is 95.7 Å². The molecule has 16 heavy (non-hydrogen) atoms. The van der Waals surface area contributed by atoms with Crippen LogP contribution in [0.25, 0.3) is 0 Å². The minimum absolute atomic E-state index is 0.0677. The van der Waals surface area contributed by atoms with Gasteiger partial charge in [-0.2, -0.15) is 0 Å². The number of carbonyl (C=O) groups excluding carboxylic acids is 1. The van der Waals surface area contributed by atoms with E-state index < -0.39 is 10.0 Å². The molecular weight excluding hydrogens is 232 g/mol. The maximum Gasteiger partial charge on any atom is 0.217 e. The van der Waals surface area contributed by atoms with Crippen molar-refractivity contribution in [3.63, 3.8) is 0 Å². The van der Waals surface area contributed by atoms with E-state index in [1.165, 1.54) is 11.2 Å². The second-order valence-electron chi connectivity index (χ2n) is 3.91. The summed E-state index contributed by atoms with van der Waals surface area (Å²) in [6, 6.07) is 0.0677. The molecule has 1 fully saturated rings. The van der Waals surface area contributed by atoms with E-state index in [-0.39, 0.29) is 24.3 Å². The van der Waals surface area contributed by atoms with Gasteiger partial charge in [-0.25, -0.2) is 12.7 Å². The van der Waals surface area contributed by atoms with Crippen molar-refractivity contribution in [2.75, 3.05) is 25.4 Å². The summed E-state index contributed by atoms with van der Waals surface area (Å²) >= 11 is 0. The van der Waals surface area contributed by atoms with Gasteiger partial charge in [0.15, 0.2) is 0 Å². The molecule has 1 aliphatic heterocycles. The zero-order chi connectivity index (χ0) is 12.2. The molecule has 1 rings (SSSR count). The van der Waals surface area contributed by atoms with Crippen LogP contribution < -0.4 is 5.32 Å². The topological polar surface area (TPSA) is 86.7 Å². The number of aliphatic hydroxyl groups excluding tert-OH is 1. The number of nitrogens with zero attached hydrogens (tertiary/aromatic N) is 1. The average molecular weight is 250 g/mol. The summed E-state index contributed by atoms with van der Waals surface area (Å²) in [5, 5.41) is 11.4. The summed E-state index contributed by atoms with van der Waals surface area (Å²) in [6.45, 7) is 1.92. The van der Waals surface area contributed by atoms with Crippen LogP contribution in [0.4, 0.5) is 0 Å². The molecule has 7 heteroatoms. The molecule has 1 amide bonds. The van der Waals surface area contributed by atoms with E-state index in [9.17, 15) is 13.2 Å². The van der Waals surface area contributed by atoms with Gasteiger partial charge in [-0.1, -0.05) is 0 Å². The molecule has 94 valence electrons. The summed E-state index contributed by atoms with van der Waals surface area (Å²) < 4.78 is 24.6. The quantitative estimate of drug-likeness (QED) is 0.663. The molecule has 6 nitrogen and oxygen atoms in total. The molecule has 2 N–H and O–H groups in total. The Hall–Kier alpha value is -0.660. The van der Waals surface area contributed by atoms with Crippen molar-refractivity contribution in [2.24, 2.45) is 0 Å². The molecule has 0 aromatic rings. The number of hydrogen-bond acceptors (Lipinski definition) is 4. The first-order valence-corrected chi connectivity index (χ1v) is 6.92. The van der Waals surface area contributed by atoms with Crippen molar-refractivity contribution in [2.45, 2.75) is 25.8 Å². The average Bonchev–Trinajstić information content (AvgIpc) is 2.17. The van der Waals surface area contributed by atoms with Gasteiger partial charge in [-0.15, -0.1) is 0 Å². The summed E-state index contributed by atoms with van der Waals surface area (Å²) in [5.74, 6) is -0.311. The third-order valence-electron chi connectivity index (χ3n) is 2.60.